The van der Waals surface area contributed by atoms with Crippen molar-refractivity contribution in [2.45, 2.75) is 57.8 Å². The molecular weight excluding hydrogens is 508 g/mol. The molecule has 1 aliphatic rings. The number of ether oxygens (including phenoxy) is 3. The fraction of sp³-hybridized carbons (Fsp3) is 0.464. The third kappa shape index (κ3) is 6.03. The molecule has 2 aromatic carbocycles. The number of nitrogens with zero attached hydrogens (tertiary/aromatic N) is 3. The predicted octanol–water partition coefficient (Wildman–Crippen LogP) is 4.40. The molecule has 2 heterocycles. The Balaban J connectivity index is 1.68. The number of aromatic nitrogens is 2. The summed E-state index contributed by atoms with van der Waals surface area (Å²) in [5.41, 5.74) is 3.83. The first-order valence-corrected chi connectivity index (χ1v) is 12.6. The van der Waals surface area contributed by atoms with Crippen molar-refractivity contribution in [1.29, 1.82) is 5.26 Å². The zero-order chi connectivity index (χ0) is 28.6. The fourth-order valence-electron chi connectivity index (χ4n) is 4.17. The summed E-state index contributed by atoms with van der Waals surface area (Å²) in [6.45, 7) is 9.13. The van der Waals surface area contributed by atoms with Crippen molar-refractivity contribution in [3.8, 4) is 11.8 Å². The topological polar surface area (TPSA) is 136 Å². The first-order chi connectivity index (χ1) is 18.2. The number of aryl methyl sites for hydroxylation is 1. The van der Waals surface area contributed by atoms with Crippen molar-refractivity contribution < 1.29 is 28.1 Å². The van der Waals surface area contributed by atoms with Gasteiger partial charge in [0.15, 0.2) is 0 Å². The molecule has 3 aromatic rings. The highest BCUT2D eigenvalue weighted by molar-refractivity contribution is 5.92. The van der Waals surface area contributed by atoms with Gasteiger partial charge in [0.2, 0.25) is 0 Å². The average Bonchev–Trinajstić information content (AvgIpc) is 2.81. The van der Waals surface area contributed by atoms with E-state index in [1.54, 1.807) is 39.0 Å². The van der Waals surface area contributed by atoms with Gasteiger partial charge in [-0.1, -0.05) is 0 Å². The number of nitriles is 1. The van der Waals surface area contributed by atoms with Gasteiger partial charge in [0.1, 0.15) is 41.8 Å². The molecule has 9 nitrogen and oxygen atoms in total. The van der Waals surface area contributed by atoms with Gasteiger partial charge in [0.05, 0.1) is 36.4 Å². The number of anilines is 2. The van der Waals surface area contributed by atoms with Gasteiger partial charge in [-0.2, -0.15) is 14.0 Å². The lowest BCUT2D eigenvalue weighted by Crippen LogP contribution is -2.40. The number of hydrogen-bond acceptors (Lipinski definition) is 9. The molecular formula is C28H33F2N5O4. The lowest BCUT2D eigenvalue weighted by molar-refractivity contribution is -0.168. The van der Waals surface area contributed by atoms with Crippen molar-refractivity contribution in [3.63, 3.8) is 0 Å². The molecule has 0 spiro atoms. The van der Waals surface area contributed by atoms with Crippen LogP contribution < -0.4 is 15.8 Å². The van der Waals surface area contributed by atoms with Crippen LogP contribution in [0.2, 0.25) is 0 Å². The molecule has 11 heteroatoms. The van der Waals surface area contributed by atoms with Crippen LogP contribution in [0.3, 0.4) is 0 Å². The van der Waals surface area contributed by atoms with E-state index in [1.807, 2.05) is 0 Å². The van der Waals surface area contributed by atoms with E-state index in [1.165, 1.54) is 6.07 Å². The number of alkyl halides is 2. The van der Waals surface area contributed by atoms with Crippen LogP contribution in [-0.4, -0.2) is 53.2 Å². The summed E-state index contributed by atoms with van der Waals surface area (Å²) in [6, 6.07) is 9.54. The number of nitrogens with one attached hydrogen (secondary N) is 1. The molecule has 0 unspecified atom stereocenters. The third-order valence-corrected chi connectivity index (χ3v) is 6.57. The number of hydrogen-bond donors (Lipinski definition) is 3. The molecule has 1 aromatic heterocycles. The van der Waals surface area contributed by atoms with E-state index in [0.29, 0.717) is 59.2 Å². The summed E-state index contributed by atoms with van der Waals surface area (Å²) >= 11 is 0. The van der Waals surface area contributed by atoms with E-state index < -0.39 is 22.6 Å². The zero-order valence-corrected chi connectivity index (χ0v) is 22.6. The number of rotatable bonds is 10. The second-order valence-electron chi connectivity index (χ2n) is 10.7. The SMILES string of the molecule is Cc1nc(NC(C)(C)c2cc(N)cc(C(F)(F)C(C)(C)O)c2)c2cc(OCCOC3COC3)c(C#N)cc2n1. The number of nitrogen functional groups attached to an aromatic ring is 1. The van der Waals surface area contributed by atoms with Crippen molar-refractivity contribution in [1.82, 2.24) is 9.97 Å². The summed E-state index contributed by atoms with van der Waals surface area (Å²) in [7, 11) is 0. The molecule has 0 amide bonds. The van der Waals surface area contributed by atoms with E-state index in [-0.39, 0.29) is 18.4 Å². The Morgan fingerprint density at radius 1 is 1.10 bits per heavy atom. The lowest BCUT2D eigenvalue weighted by atomic mass is 9.87. The maximum Gasteiger partial charge on any atom is 0.300 e. The van der Waals surface area contributed by atoms with E-state index in [2.05, 4.69) is 21.4 Å². The predicted molar refractivity (Wildman–Crippen MR) is 143 cm³/mol. The highest BCUT2D eigenvalue weighted by Gasteiger charge is 2.47. The largest absolute Gasteiger partial charge is 0.490 e. The van der Waals surface area contributed by atoms with Crippen LogP contribution in [0.4, 0.5) is 20.3 Å². The van der Waals surface area contributed by atoms with Gasteiger partial charge in [-0.15, -0.1) is 0 Å². The Hall–Kier alpha value is -3.59. The minimum Gasteiger partial charge on any atom is -0.490 e. The van der Waals surface area contributed by atoms with E-state index >= 15 is 8.78 Å². The fourth-order valence-corrected chi connectivity index (χ4v) is 4.17. The Bertz CT molecular complexity index is 1410. The number of fused-ring (bicyclic) bond motifs is 1. The van der Waals surface area contributed by atoms with Gasteiger partial charge in [-0.3, -0.25) is 0 Å². The normalized spacial score (nSPS) is 14.6. The second kappa shape index (κ2) is 10.5. The number of halogens is 2. The highest BCUT2D eigenvalue weighted by atomic mass is 19.3. The molecule has 0 radical (unpaired) electrons. The zero-order valence-electron chi connectivity index (χ0n) is 22.6. The standard InChI is InChI=1S/C28H33F2N5O4/c1-16-33-23-8-17(13-31)24(39-7-6-38-21-14-37-15-21)12-22(23)25(34-16)35-26(2,3)18-9-19(11-20(32)10-18)28(29,30)27(4,5)36/h8-12,21,36H,6-7,14-15,32H2,1-5H3,(H,33,34,35). The van der Waals surface area contributed by atoms with Gasteiger partial charge < -0.3 is 30.4 Å². The van der Waals surface area contributed by atoms with Crippen molar-refractivity contribution >= 4 is 22.4 Å². The molecule has 4 rings (SSSR count). The van der Waals surface area contributed by atoms with Crippen LogP contribution in [-0.2, 0) is 20.9 Å². The molecule has 1 aliphatic heterocycles. The van der Waals surface area contributed by atoms with Crippen LogP contribution in [0.1, 0.15) is 50.2 Å². The number of aliphatic hydroxyl groups is 1. The lowest BCUT2D eigenvalue weighted by Gasteiger charge is -2.32. The van der Waals surface area contributed by atoms with Gasteiger partial charge in [0, 0.05) is 16.6 Å². The number of nitrogens with two attached hydrogens (primary N) is 1. The quantitative estimate of drug-likeness (QED) is 0.252. The maximum absolute atomic E-state index is 15.0. The Morgan fingerprint density at radius 2 is 1.79 bits per heavy atom. The van der Waals surface area contributed by atoms with Crippen LogP contribution in [0, 0.1) is 18.3 Å². The van der Waals surface area contributed by atoms with Gasteiger partial charge >= 0.3 is 5.92 Å². The summed E-state index contributed by atoms with van der Waals surface area (Å²) in [6.07, 6.45) is 0.0611. The van der Waals surface area contributed by atoms with Crippen molar-refractivity contribution in [2.24, 2.45) is 0 Å². The summed E-state index contributed by atoms with van der Waals surface area (Å²) in [5, 5.41) is 23.7. The van der Waals surface area contributed by atoms with Gasteiger partial charge in [-0.25, -0.2) is 9.97 Å². The van der Waals surface area contributed by atoms with Crippen LogP contribution in [0.5, 0.6) is 5.75 Å². The summed E-state index contributed by atoms with van der Waals surface area (Å²) in [4.78, 5) is 9.03. The monoisotopic (exact) mass is 541 g/mol. The van der Waals surface area contributed by atoms with Crippen molar-refractivity contribution in [2.75, 3.05) is 37.5 Å². The maximum atomic E-state index is 15.0. The van der Waals surface area contributed by atoms with Gasteiger partial charge in [-0.05, 0) is 70.5 Å². The molecule has 39 heavy (non-hydrogen) atoms. The smallest absolute Gasteiger partial charge is 0.300 e. The van der Waals surface area contributed by atoms with E-state index in [0.717, 1.165) is 19.9 Å². The molecule has 1 saturated heterocycles. The Kier molecular flexibility index (Phi) is 7.67. The Labute approximate surface area is 225 Å². The molecule has 4 N–H and O–H groups in total. The van der Waals surface area contributed by atoms with Gasteiger partial charge in [0.25, 0.3) is 0 Å². The Morgan fingerprint density at radius 3 is 2.41 bits per heavy atom. The van der Waals surface area contributed by atoms with E-state index in [9.17, 15) is 10.4 Å². The van der Waals surface area contributed by atoms with E-state index in [4.69, 9.17) is 19.9 Å². The second-order valence-corrected chi connectivity index (χ2v) is 10.7. The third-order valence-electron chi connectivity index (χ3n) is 6.57. The minimum atomic E-state index is -3.54. The van der Waals surface area contributed by atoms with Crippen molar-refractivity contribution in [3.05, 3.63) is 52.8 Å². The average molecular weight is 542 g/mol. The van der Waals surface area contributed by atoms with Crippen LogP contribution in [0.25, 0.3) is 10.9 Å². The minimum absolute atomic E-state index is 0.0611. The molecule has 0 saturated carbocycles. The first-order valence-electron chi connectivity index (χ1n) is 12.6. The molecule has 0 bridgehead atoms. The summed E-state index contributed by atoms with van der Waals surface area (Å²) < 4.78 is 46.6. The molecule has 1 fully saturated rings. The molecule has 208 valence electrons. The highest BCUT2D eigenvalue weighted by Crippen LogP contribution is 2.41. The first kappa shape index (κ1) is 28.4. The number of benzene rings is 2. The molecule has 0 aliphatic carbocycles. The van der Waals surface area contributed by atoms with Crippen LogP contribution >= 0.6 is 0 Å². The van der Waals surface area contributed by atoms with Crippen LogP contribution in [0.15, 0.2) is 30.3 Å². The summed E-state index contributed by atoms with van der Waals surface area (Å²) in [5.74, 6) is -2.31. The molecule has 0 atom stereocenters.